The van der Waals surface area contributed by atoms with Gasteiger partial charge in [-0.15, -0.1) is 0 Å². The van der Waals surface area contributed by atoms with E-state index in [1.165, 1.54) is 34.8 Å². The number of phenolic OH excluding ortho intramolecular Hbond substituents is 1. The van der Waals surface area contributed by atoms with Crippen LogP contribution in [0.2, 0.25) is 0 Å². The lowest BCUT2D eigenvalue weighted by molar-refractivity contribution is 0.415. The first kappa shape index (κ1) is 31.1. The van der Waals surface area contributed by atoms with Crippen molar-refractivity contribution in [2.75, 3.05) is 0 Å². The van der Waals surface area contributed by atoms with Crippen molar-refractivity contribution in [3.05, 3.63) is 88.5 Å². The van der Waals surface area contributed by atoms with Crippen LogP contribution in [-0.4, -0.2) is 11.3 Å². The molecule has 3 rings (SSSR count). The molecule has 2 atom stereocenters. The Bertz CT molecular complexity index is 1260. The molecule has 39 heavy (non-hydrogen) atoms. The molecule has 2 nitrogen and oxygen atoms in total. The highest BCUT2D eigenvalue weighted by Crippen LogP contribution is 2.54. The van der Waals surface area contributed by atoms with E-state index in [-0.39, 0.29) is 16.0 Å². The fourth-order valence-electron chi connectivity index (χ4n) is 5.22. The van der Waals surface area contributed by atoms with Gasteiger partial charge in [0.1, 0.15) is 5.75 Å². The Morgan fingerprint density at radius 2 is 1.49 bits per heavy atom. The molecule has 0 radical (unpaired) electrons. The highest BCUT2D eigenvalue weighted by Gasteiger charge is 2.37. The second-order valence-corrected chi connectivity index (χ2v) is 14.9. The second-order valence-electron chi connectivity index (χ2n) is 13.1. The van der Waals surface area contributed by atoms with E-state index in [1.807, 2.05) is 36.5 Å². The van der Waals surface area contributed by atoms with Gasteiger partial charge in [0, 0.05) is 22.5 Å². The number of benzene rings is 3. The largest absolute Gasteiger partial charge is 0.507 e. The molecule has 3 heteroatoms. The molecule has 2 unspecified atom stereocenters. The van der Waals surface area contributed by atoms with Gasteiger partial charge in [0.05, 0.1) is 5.69 Å². The summed E-state index contributed by atoms with van der Waals surface area (Å²) in [4.78, 5) is 4.82. The first-order valence-electron chi connectivity index (χ1n) is 14.7. The Kier molecular flexibility index (Phi) is 10.2. The van der Waals surface area contributed by atoms with Gasteiger partial charge in [0.15, 0.2) is 0 Å². The zero-order valence-corrected chi connectivity index (χ0v) is 26.8. The van der Waals surface area contributed by atoms with Crippen molar-refractivity contribution in [3.63, 3.8) is 0 Å². The van der Waals surface area contributed by atoms with Gasteiger partial charge in [-0.1, -0.05) is 131 Å². The number of aromatic hydroxyl groups is 1. The minimum atomic E-state index is -0.149. The van der Waals surface area contributed by atoms with E-state index in [1.54, 1.807) is 0 Å². The van der Waals surface area contributed by atoms with E-state index in [0.29, 0.717) is 14.3 Å². The number of unbranched alkanes of at least 4 members (excludes halogenated alkanes) is 2. The minimum Gasteiger partial charge on any atom is -0.507 e. The summed E-state index contributed by atoms with van der Waals surface area (Å²) in [5.41, 5.74) is 6.69. The highest BCUT2D eigenvalue weighted by atomic mass is 31.1. The third-order valence-corrected chi connectivity index (χ3v) is 9.88. The van der Waals surface area contributed by atoms with E-state index in [0.717, 1.165) is 36.1 Å². The summed E-state index contributed by atoms with van der Waals surface area (Å²) in [5, 5.41) is 13.1. The van der Waals surface area contributed by atoms with Gasteiger partial charge < -0.3 is 5.11 Å². The second kappa shape index (κ2) is 12.8. The average Bonchev–Trinajstić information content (AvgIpc) is 2.87. The van der Waals surface area contributed by atoms with Crippen LogP contribution in [0.15, 0.2) is 65.7 Å². The maximum absolute atomic E-state index is 12.0. The standard InChI is InChI=1S/C36H50NOP/c1-10-12-16-21-36(11-2,31-24-28(34(4,5)6)23-30(33(31)38)35(7,8)9)39-32-20-19-26(3)22-27(32)25-37-29-17-14-13-15-18-29/h13-15,17-20,22-25,38-39H,10-12,16,21H2,1-9H3. The first-order chi connectivity index (χ1) is 18.3. The van der Waals surface area contributed by atoms with Crippen molar-refractivity contribution in [1.82, 2.24) is 0 Å². The molecule has 0 spiro atoms. The van der Waals surface area contributed by atoms with Gasteiger partial charge in [0.2, 0.25) is 0 Å². The smallest absolute Gasteiger partial charge is 0.123 e. The number of para-hydroxylation sites is 1. The summed E-state index contributed by atoms with van der Waals surface area (Å²) in [5.74, 6) is 0.493. The lowest BCUT2D eigenvalue weighted by atomic mass is 9.76. The Morgan fingerprint density at radius 3 is 2.08 bits per heavy atom. The van der Waals surface area contributed by atoms with Crippen LogP contribution < -0.4 is 5.30 Å². The molecule has 0 aliphatic rings. The van der Waals surface area contributed by atoms with Crippen LogP contribution in [0.5, 0.6) is 5.75 Å². The maximum atomic E-state index is 12.0. The Hall–Kier alpha value is -2.44. The molecule has 0 heterocycles. The summed E-state index contributed by atoms with van der Waals surface area (Å²) in [6.45, 7) is 20.2. The number of nitrogens with zero attached hydrogens (tertiary/aromatic N) is 1. The van der Waals surface area contributed by atoms with E-state index < -0.39 is 0 Å². The first-order valence-corrected chi connectivity index (χ1v) is 15.7. The van der Waals surface area contributed by atoms with E-state index in [9.17, 15) is 5.11 Å². The number of aliphatic imine (C=N–C) groups is 1. The fourth-order valence-corrected chi connectivity index (χ4v) is 6.99. The molecule has 1 N–H and O–H groups in total. The van der Waals surface area contributed by atoms with Crippen molar-refractivity contribution in [3.8, 4) is 5.75 Å². The minimum absolute atomic E-state index is 0.00811. The van der Waals surface area contributed by atoms with Crippen LogP contribution in [0, 0.1) is 6.92 Å². The molecule has 0 saturated carbocycles. The van der Waals surface area contributed by atoms with Crippen LogP contribution in [0.4, 0.5) is 5.69 Å². The van der Waals surface area contributed by atoms with Crippen molar-refractivity contribution in [1.29, 1.82) is 0 Å². The molecular formula is C36H50NOP. The normalized spacial score (nSPS) is 14.4. The predicted molar refractivity (Wildman–Crippen MR) is 174 cm³/mol. The Balaban J connectivity index is 2.23. The summed E-state index contributed by atoms with van der Waals surface area (Å²) in [7, 11) is 0.522. The fraction of sp³-hybridized carbons (Fsp3) is 0.472. The number of hydrogen-bond acceptors (Lipinski definition) is 2. The van der Waals surface area contributed by atoms with E-state index in [4.69, 9.17) is 4.99 Å². The van der Waals surface area contributed by atoms with Crippen molar-refractivity contribution >= 4 is 25.8 Å². The van der Waals surface area contributed by atoms with Gasteiger partial charge in [-0.25, -0.2) is 0 Å². The van der Waals surface area contributed by atoms with Crippen LogP contribution in [0.25, 0.3) is 0 Å². The van der Waals surface area contributed by atoms with Crippen LogP contribution >= 0.6 is 8.58 Å². The topological polar surface area (TPSA) is 32.6 Å². The summed E-state index contributed by atoms with van der Waals surface area (Å²) in [6.07, 6.45) is 7.61. The molecule has 3 aromatic carbocycles. The molecule has 0 aromatic heterocycles. The Labute approximate surface area is 240 Å². The SMILES string of the molecule is CCCCCC(CC)(Pc1ccc(C)cc1C=Nc1ccccc1)c1cc(C(C)(C)C)cc(C(C)(C)C)c1O. The summed E-state index contributed by atoms with van der Waals surface area (Å²) in [6, 6.07) is 21.5. The van der Waals surface area contributed by atoms with Gasteiger partial charge >= 0.3 is 0 Å². The monoisotopic (exact) mass is 543 g/mol. The van der Waals surface area contributed by atoms with Gasteiger partial charge in [-0.2, -0.15) is 0 Å². The predicted octanol–water partition coefficient (Wildman–Crippen LogP) is 10.2. The van der Waals surface area contributed by atoms with E-state index in [2.05, 4.69) is 92.6 Å². The third kappa shape index (κ3) is 7.82. The molecule has 0 aliphatic carbocycles. The number of hydrogen-bond donors (Lipinski definition) is 1. The van der Waals surface area contributed by atoms with Crippen molar-refractivity contribution in [2.24, 2.45) is 4.99 Å². The molecule has 0 aliphatic heterocycles. The highest BCUT2D eigenvalue weighted by molar-refractivity contribution is 7.48. The quantitative estimate of drug-likeness (QED) is 0.154. The molecule has 0 saturated heterocycles. The molecule has 210 valence electrons. The summed E-state index contributed by atoms with van der Waals surface area (Å²) < 4.78 is 0. The molecular weight excluding hydrogens is 493 g/mol. The van der Waals surface area contributed by atoms with Gasteiger partial charge in [-0.05, 0) is 65.2 Å². The molecule has 0 bridgehead atoms. The van der Waals surface area contributed by atoms with Crippen LogP contribution in [-0.2, 0) is 16.0 Å². The number of rotatable bonds is 10. The lowest BCUT2D eigenvalue weighted by Gasteiger charge is -2.38. The zero-order valence-electron chi connectivity index (χ0n) is 25.8. The third-order valence-electron chi connectivity index (χ3n) is 7.80. The molecule has 3 aromatic rings. The summed E-state index contributed by atoms with van der Waals surface area (Å²) >= 11 is 0. The maximum Gasteiger partial charge on any atom is 0.123 e. The zero-order chi connectivity index (χ0) is 28.8. The Morgan fingerprint density at radius 1 is 0.821 bits per heavy atom. The van der Waals surface area contributed by atoms with Crippen LogP contribution in [0.3, 0.4) is 0 Å². The van der Waals surface area contributed by atoms with Crippen molar-refractivity contribution in [2.45, 2.75) is 110 Å². The molecule has 0 amide bonds. The van der Waals surface area contributed by atoms with E-state index >= 15 is 0 Å². The van der Waals surface area contributed by atoms with Gasteiger partial charge in [-0.3, -0.25) is 4.99 Å². The van der Waals surface area contributed by atoms with Crippen LogP contribution in [0.1, 0.15) is 115 Å². The number of aryl methyl sites for hydroxylation is 1. The van der Waals surface area contributed by atoms with Crippen molar-refractivity contribution < 1.29 is 5.11 Å². The average molecular weight is 544 g/mol. The molecule has 0 fully saturated rings. The number of phenols is 1. The van der Waals surface area contributed by atoms with Gasteiger partial charge in [0.25, 0.3) is 0 Å². The lowest BCUT2D eigenvalue weighted by Crippen LogP contribution is -2.27.